The van der Waals surface area contributed by atoms with E-state index >= 15 is 0 Å². The summed E-state index contributed by atoms with van der Waals surface area (Å²) in [6.07, 6.45) is 2.74. The molecular weight excluding hydrogens is 256 g/mol. The second kappa shape index (κ2) is 5.17. The van der Waals surface area contributed by atoms with E-state index in [4.69, 9.17) is 4.98 Å². The minimum atomic E-state index is 0.739. The number of aryl methyl sites for hydroxylation is 1. The molecule has 0 saturated carbocycles. The van der Waals surface area contributed by atoms with Crippen LogP contribution >= 0.6 is 11.8 Å². The van der Waals surface area contributed by atoms with E-state index in [1.54, 1.807) is 6.20 Å². The van der Waals surface area contributed by atoms with Gasteiger partial charge in [-0.25, -0.2) is 9.97 Å². The van der Waals surface area contributed by atoms with Gasteiger partial charge in [-0.1, -0.05) is 13.0 Å². The van der Waals surface area contributed by atoms with Crippen molar-refractivity contribution in [1.29, 1.82) is 0 Å². The number of thioether (sulfide) groups is 1. The van der Waals surface area contributed by atoms with Crippen LogP contribution in [-0.4, -0.2) is 22.0 Å². The van der Waals surface area contributed by atoms with Crippen LogP contribution in [-0.2, 0) is 17.9 Å². The second-order valence-corrected chi connectivity index (χ2v) is 5.41. The van der Waals surface area contributed by atoms with Gasteiger partial charge in [0.2, 0.25) is 0 Å². The fourth-order valence-corrected chi connectivity index (χ4v) is 3.33. The number of hydrogen-bond donors (Lipinski definition) is 1. The van der Waals surface area contributed by atoms with Crippen molar-refractivity contribution in [2.24, 2.45) is 0 Å². The van der Waals surface area contributed by atoms with Crippen LogP contribution in [0.15, 0.2) is 18.3 Å². The van der Waals surface area contributed by atoms with E-state index in [0.29, 0.717) is 0 Å². The zero-order valence-electron chi connectivity index (χ0n) is 11.1. The number of hydrogen-bond acceptors (Lipinski definition) is 5. The van der Waals surface area contributed by atoms with Crippen molar-refractivity contribution < 1.29 is 0 Å². The summed E-state index contributed by atoms with van der Waals surface area (Å²) < 4.78 is 0. The van der Waals surface area contributed by atoms with Crippen molar-refractivity contribution in [2.45, 2.75) is 24.9 Å². The lowest BCUT2D eigenvalue weighted by Crippen LogP contribution is -2.05. The van der Waals surface area contributed by atoms with Crippen LogP contribution in [0, 0.1) is 0 Å². The molecule has 0 unspecified atom stereocenters. The van der Waals surface area contributed by atoms with Gasteiger partial charge in [-0.05, 0) is 18.1 Å². The molecule has 1 aliphatic rings. The Hall–Kier alpha value is -1.62. The summed E-state index contributed by atoms with van der Waals surface area (Å²) in [7, 11) is 1.91. The molecule has 0 aromatic carbocycles. The van der Waals surface area contributed by atoms with Gasteiger partial charge < -0.3 is 5.32 Å². The maximum absolute atomic E-state index is 4.71. The SMILES string of the molecule is CCc1cccnc1-c1nc2c(c(NC)n1)CSC2. The quantitative estimate of drug-likeness (QED) is 0.931. The van der Waals surface area contributed by atoms with Crippen molar-refractivity contribution in [1.82, 2.24) is 15.0 Å². The lowest BCUT2D eigenvalue weighted by Gasteiger charge is -2.10. The largest absolute Gasteiger partial charge is 0.373 e. The van der Waals surface area contributed by atoms with Gasteiger partial charge in [0.15, 0.2) is 5.82 Å². The summed E-state index contributed by atoms with van der Waals surface area (Å²) in [6, 6.07) is 4.05. The van der Waals surface area contributed by atoms with Gasteiger partial charge in [-0.15, -0.1) is 0 Å². The van der Waals surface area contributed by atoms with E-state index in [-0.39, 0.29) is 0 Å². The van der Waals surface area contributed by atoms with Gasteiger partial charge in [0.1, 0.15) is 11.5 Å². The molecule has 0 radical (unpaired) electrons. The van der Waals surface area contributed by atoms with Gasteiger partial charge >= 0.3 is 0 Å². The summed E-state index contributed by atoms with van der Waals surface area (Å²) in [4.78, 5) is 13.8. The summed E-state index contributed by atoms with van der Waals surface area (Å²) in [5.41, 5.74) is 4.48. The molecule has 2 aromatic rings. The highest BCUT2D eigenvalue weighted by Gasteiger charge is 2.20. The first-order chi connectivity index (χ1) is 9.33. The van der Waals surface area contributed by atoms with Gasteiger partial charge in [-0.2, -0.15) is 11.8 Å². The Morgan fingerprint density at radius 1 is 1.32 bits per heavy atom. The van der Waals surface area contributed by atoms with Gasteiger partial charge in [0.25, 0.3) is 0 Å². The van der Waals surface area contributed by atoms with E-state index in [2.05, 4.69) is 28.3 Å². The van der Waals surface area contributed by atoms with Crippen molar-refractivity contribution in [3.05, 3.63) is 35.2 Å². The summed E-state index contributed by atoms with van der Waals surface area (Å²) in [5.74, 6) is 3.64. The molecule has 0 atom stereocenters. The molecule has 19 heavy (non-hydrogen) atoms. The van der Waals surface area contributed by atoms with Crippen molar-refractivity contribution in [3.8, 4) is 11.5 Å². The molecule has 2 aromatic heterocycles. The first-order valence-corrected chi connectivity index (χ1v) is 7.58. The fourth-order valence-electron chi connectivity index (χ4n) is 2.29. The van der Waals surface area contributed by atoms with Gasteiger partial charge in [0.05, 0.1) is 5.69 Å². The van der Waals surface area contributed by atoms with Crippen molar-refractivity contribution in [2.75, 3.05) is 12.4 Å². The minimum Gasteiger partial charge on any atom is -0.373 e. The Morgan fingerprint density at radius 2 is 2.21 bits per heavy atom. The normalized spacial score (nSPS) is 13.4. The molecule has 4 nitrogen and oxygen atoms in total. The third kappa shape index (κ3) is 2.18. The molecule has 0 bridgehead atoms. The van der Waals surface area contributed by atoms with E-state index in [0.717, 1.165) is 41.0 Å². The third-order valence-electron chi connectivity index (χ3n) is 3.30. The minimum absolute atomic E-state index is 0.739. The highest BCUT2D eigenvalue weighted by molar-refractivity contribution is 7.98. The standard InChI is InChI=1S/C14H16N4S/c1-3-9-5-4-6-16-12(9)14-17-11-8-19-7-10(11)13(15-2)18-14/h4-6H,3,7-8H2,1-2H3,(H,15,17,18). The van der Waals surface area contributed by atoms with Crippen LogP contribution in [0.25, 0.3) is 11.5 Å². The lowest BCUT2D eigenvalue weighted by molar-refractivity contribution is 1.03. The van der Waals surface area contributed by atoms with Crippen LogP contribution in [0.1, 0.15) is 23.7 Å². The Bertz CT molecular complexity index is 612. The Labute approximate surface area is 117 Å². The summed E-state index contributed by atoms with van der Waals surface area (Å²) in [5, 5.41) is 3.18. The number of fused-ring (bicyclic) bond motifs is 1. The number of aromatic nitrogens is 3. The van der Waals surface area contributed by atoms with Gasteiger partial charge in [-0.3, -0.25) is 4.98 Å². The van der Waals surface area contributed by atoms with Crippen LogP contribution in [0.3, 0.4) is 0 Å². The first kappa shape index (κ1) is 12.4. The van der Waals surface area contributed by atoms with E-state index in [9.17, 15) is 0 Å². The highest BCUT2D eigenvalue weighted by atomic mass is 32.2. The molecular formula is C14H16N4S. The van der Waals surface area contributed by atoms with E-state index in [1.165, 1.54) is 11.1 Å². The predicted molar refractivity (Wildman–Crippen MR) is 79.2 cm³/mol. The zero-order chi connectivity index (χ0) is 13.2. The maximum Gasteiger partial charge on any atom is 0.180 e. The first-order valence-electron chi connectivity index (χ1n) is 6.43. The highest BCUT2D eigenvalue weighted by Crippen LogP contribution is 2.34. The average Bonchev–Trinajstić information content (AvgIpc) is 2.94. The molecule has 0 amide bonds. The lowest BCUT2D eigenvalue weighted by atomic mass is 10.1. The molecule has 3 heterocycles. The molecule has 98 valence electrons. The van der Waals surface area contributed by atoms with E-state index < -0.39 is 0 Å². The molecule has 1 N–H and O–H groups in total. The number of nitrogens with zero attached hydrogens (tertiary/aromatic N) is 3. The Kier molecular flexibility index (Phi) is 3.38. The van der Waals surface area contributed by atoms with Crippen LogP contribution in [0.5, 0.6) is 0 Å². The Morgan fingerprint density at radius 3 is 3.00 bits per heavy atom. The Balaban J connectivity index is 2.15. The number of nitrogens with one attached hydrogen (secondary N) is 1. The number of anilines is 1. The molecule has 0 spiro atoms. The molecule has 0 aliphatic carbocycles. The van der Waals surface area contributed by atoms with Crippen molar-refractivity contribution in [3.63, 3.8) is 0 Å². The molecule has 3 rings (SSSR count). The third-order valence-corrected chi connectivity index (χ3v) is 4.27. The number of pyridine rings is 1. The predicted octanol–water partition coefficient (Wildman–Crippen LogP) is 2.89. The number of rotatable bonds is 3. The summed E-state index contributed by atoms with van der Waals surface area (Å²) >= 11 is 1.88. The zero-order valence-corrected chi connectivity index (χ0v) is 11.9. The van der Waals surface area contributed by atoms with Crippen LogP contribution in [0.4, 0.5) is 5.82 Å². The smallest absolute Gasteiger partial charge is 0.180 e. The van der Waals surface area contributed by atoms with Crippen molar-refractivity contribution >= 4 is 17.6 Å². The topological polar surface area (TPSA) is 50.7 Å². The van der Waals surface area contributed by atoms with Gasteiger partial charge in [0, 0.05) is 30.3 Å². The second-order valence-electron chi connectivity index (χ2n) is 4.43. The molecule has 5 heteroatoms. The van der Waals surface area contributed by atoms with Crippen LogP contribution < -0.4 is 5.32 Å². The summed E-state index contributed by atoms with van der Waals surface area (Å²) in [6.45, 7) is 2.13. The maximum atomic E-state index is 4.71. The monoisotopic (exact) mass is 272 g/mol. The molecule has 0 saturated heterocycles. The fraction of sp³-hybridized carbons (Fsp3) is 0.357. The molecule has 1 aliphatic heterocycles. The van der Waals surface area contributed by atoms with Crippen LogP contribution in [0.2, 0.25) is 0 Å². The molecule has 0 fully saturated rings. The average molecular weight is 272 g/mol. The van der Waals surface area contributed by atoms with E-state index in [1.807, 2.05) is 24.9 Å².